The highest BCUT2D eigenvalue weighted by Gasteiger charge is 2.00. The Morgan fingerprint density at radius 3 is 2.91 bits per heavy atom. The van der Waals surface area contributed by atoms with Crippen LogP contribution in [0.15, 0.2) is 18.6 Å². The van der Waals surface area contributed by atoms with Gasteiger partial charge in [0.15, 0.2) is 5.82 Å². The lowest BCUT2D eigenvalue weighted by atomic mass is 10.6. The number of hydrogen-bond donors (Lipinski definition) is 0. The van der Waals surface area contributed by atoms with Crippen molar-refractivity contribution in [1.82, 2.24) is 30.0 Å². The molecule has 0 spiro atoms. The van der Waals surface area contributed by atoms with Crippen LogP contribution in [-0.4, -0.2) is 30.0 Å². The maximum absolute atomic E-state index is 3.97. The number of hydrogen-bond acceptors (Lipinski definition) is 4. The maximum Gasteiger partial charge on any atom is 0.155 e. The normalized spacial score (nSPS) is 10.3. The van der Waals surface area contributed by atoms with E-state index in [1.165, 1.54) is 6.33 Å². The minimum Gasteiger partial charge on any atom is -0.251 e. The van der Waals surface area contributed by atoms with Crippen molar-refractivity contribution in [3.63, 3.8) is 0 Å². The molecule has 0 saturated carbocycles. The SMILES string of the molecule is Cn1nccc1-n1cnnn1. The summed E-state index contributed by atoms with van der Waals surface area (Å²) in [7, 11) is 1.83. The van der Waals surface area contributed by atoms with Crippen LogP contribution in [0, 0.1) is 0 Å². The van der Waals surface area contributed by atoms with Crippen LogP contribution in [-0.2, 0) is 7.05 Å². The lowest BCUT2D eigenvalue weighted by Crippen LogP contribution is -2.03. The van der Waals surface area contributed by atoms with Gasteiger partial charge in [-0.1, -0.05) is 0 Å². The molecular weight excluding hydrogens is 144 g/mol. The molecule has 2 aromatic rings. The van der Waals surface area contributed by atoms with Gasteiger partial charge < -0.3 is 0 Å². The topological polar surface area (TPSA) is 61.4 Å². The second-order valence-corrected chi connectivity index (χ2v) is 2.07. The Hall–Kier alpha value is -1.72. The van der Waals surface area contributed by atoms with Gasteiger partial charge in [-0.05, 0) is 10.4 Å². The van der Waals surface area contributed by atoms with Crippen LogP contribution in [0.25, 0.3) is 5.82 Å². The third-order valence-corrected chi connectivity index (χ3v) is 1.38. The van der Waals surface area contributed by atoms with Gasteiger partial charge in [0.25, 0.3) is 0 Å². The van der Waals surface area contributed by atoms with E-state index < -0.39 is 0 Å². The lowest BCUT2D eigenvalue weighted by Gasteiger charge is -1.96. The van der Waals surface area contributed by atoms with Gasteiger partial charge in [0.1, 0.15) is 6.33 Å². The van der Waals surface area contributed by atoms with Crippen LogP contribution in [0.4, 0.5) is 0 Å². The monoisotopic (exact) mass is 150 g/mol. The molecular formula is C5H6N6. The average molecular weight is 150 g/mol. The molecule has 11 heavy (non-hydrogen) atoms. The van der Waals surface area contributed by atoms with Crippen molar-refractivity contribution in [2.24, 2.45) is 7.05 Å². The zero-order valence-electron chi connectivity index (χ0n) is 5.92. The Morgan fingerprint density at radius 2 is 2.36 bits per heavy atom. The fraction of sp³-hybridized carbons (Fsp3) is 0.200. The van der Waals surface area contributed by atoms with E-state index in [1.807, 2.05) is 13.1 Å². The molecule has 0 bridgehead atoms. The van der Waals surface area contributed by atoms with Crippen molar-refractivity contribution in [1.29, 1.82) is 0 Å². The van der Waals surface area contributed by atoms with Crippen LogP contribution in [0.5, 0.6) is 0 Å². The van der Waals surface area contributed by atoms with Crippen molar-refractivity contribution < 1.29 is 0 Å². The van der Waals surface area contributed by atoms with Gasteiger partial charge in [-0.25, -0.2) is 0 Å². The molecule has 6 nitrogen and oxygen atoms in total. The maximum atomic E-state index is 3.97. The molecule has 0 aliphatic rings. The van der Waals surface area contributed by atoms with E-state index in [4.69, 9.17) is 0 Å². The summed E-state index contributed by atoms with van der Waals surface area (Å²) in [6.45, 7) is 0. The smallest absolute Gasteiger partial charge is 0.155 e. The van der Waals surface area contributed by atoms with E-state index in [1.54, 1.807) is 15.6 Å². The summed E-state index contributed by atoms with van der Waals surface area (Å²) in [5.41, 5.74) is 0. The molecule has 0 atom stereocenters. The highest BCUT2D eigenvalue weighted by Crippen LogP contribution is 1.99. The average Bonchev–Trinajstić information content (AvgIpc) is 2.55. The second-order valence-electron chi connectivity index (χ2n) is 2.07. The summed E-state index contributed by atoms with van der Waals surface area (Å²) < 4.78 is 3.24. The van der Waals surface area contributed by atoms with Gasteiger partial charge in [0.05, 0.1) is 6.20 Å². The summed E-state index contributed by atoms with van der Waals surface area (Å²) in [6.07, 6.45) is 3.22. The lowest BCUT2D eigenvalue weighted by molar-refractivity contribution is 0.680. The van der Waals surface area contributed by atoms with Crippen molar-refractivity contribution in [3.8, 4) is 5.82 Å². The van der Waals surface area contributed by atoms with Crippen molar-refractivity contribution in [2.75, 3.05) is 0 Å². The molecule has 6 heteroatoms. The largest absolute Gasteiger partial charge is 0.251 e. The summed E-state index contributed by atoms with van der Waals surface area (Å²) in [5.74, 6) is 0.843. The molecule has 0 aliphatic heterocycles. The molecule has 2 aromatic heterocycles. The highest BCUT2D eigenvalue weighted by atomic mass is 15.6. The fourth-order valence-corrected chi connectivity index (χ4v) is 0.858. The first-order valence-corrected chi connectivity index (χ1v) is 3.09. The van der Waals surface area contributed by atoms with Crippen molar-refractivity contribution >= 4 is 0 Å². The molecule has 0 aromatic carbocycles. The molecule has 0 aliphatic carbocycles. The van der Waals surface area contributed by atoms with Gasteiger partial charge in [-0.2, -0.15) is 9.78 Å². The fourth-order valence-electron chi connectivity index (χ4n) is 0.858. The van der Waals surface area contributed by atoms with Gasteiger partial charge in [0, 0.05) is 13.1 Å². The Balaban J connectivity index is 2.53. The number of nitrogens with zero attached hydrogens (tertiary/aromatic N) is 6. The molecule has 2 rings (SSSR count). The van der Waals surface area contributed by atoms with Crippen LogP contribution in [0.1, 0.15) is 0 Å². The van der Waals surface area contributed by atoms with E-state index in [0.29, 0.717) is 0 Å². The first kappa shape index (κ1) is 6.02. The van der Waals surface area contributed by atoms with Crippen molar-refractivity contribution in [3.05, 3.63) is 18.6 Å². The molecule has 0 N–H and O–H groups in total. The third kappa shape index (κ3) is 0.878. The molecule has 56 valence electrons. The summed E-state index contributed by atoms with van der Waals surface area (Å²) in [5, 5.41) is 14.7. The zero-order valence-corrected chi connectivity index (χ0v) is 5.92. The predicted molar refractivity (Wildman–Crippen MR) is 35.9 cm³/mol. The molecule has 0 amide bonds. The van der Waals surface area contributed by atoms with Crippen LogP contribution < -0.4 is 0 Å². The Labute approximate surface area is 62.4 Å². The molecule has 0 unspecified atom stereocenters. The van der Waals surface area contributed by atoms with E-state index in [2.05, 4.69) is 20.6 Å². The van der Waals surface area contributed by atoms with E-state index in [9.17, 15) is 0 Å². The third-order valence-electron chi connectivity index (χ3n) is 1.38. The quantitative estimate of drug-likeness (QED) is 0.544. The standard InChI is InChI=1S/C5H6N6/c1-10-5(2-3-7-10)11-4-6-8-9-11/h2-4H,1H3. The van der Waals surface area contributed by atoms with Gasteiger partial charge in [-0.15, -0.1) is 5.10 Å². The number of tetrazole rings is 1. The predicted octanol–water partition coefficient (Wildman–Crippen LogP) is -0.604. The summed E-state index contributed by atoms with van der Waals surface area (Å²) in [6, 6.07) is 1.83. The Bertz CT molecular complexity index is 333. The van der Waals surface area contributed by atoms with Crippen LogP contribution in [0.2, 0.25) is 0 Å². The number of aromatic nitrogens is 6. The number of rotatable bonds is 1. The van der Waals surface area contributed by atoms with Crippen molar-refractivity contribution in [2.45, 2.75) is 0 Å². The van der Waals surface area contributed by atoms with E-state index in [0.717, 1.165) is 5.82 Å². The van der Waals surface area contributed by atoms with Crippen LogP contribution >= 0.6 is 0 Å². The first-order chi connectivity index (χ1) is 5.38. The molecule has 0 saturated heterocycles. The minimum atomic E-state index is 0.843. The number of aryl methyl sites for hydroxylation is 1. The van der Waals surface area contributed by atoms with Gasteiger partial charge in [-0.3, -0.25) is 4.68 Å². The molecule has 0 fully saturated rings. The Morgan fingerprint density at radius 1 is 1.45 bits per heavy atom. The second kappa shape index (κ2) is 2.15. The Kier molecular flexibility index (Phi) is 1.18. The van der Waals surface area contributed by atoms with Gasteiger partial charge >= 0.3 is 0 Å². The highest BCUT2D eigenvalue weighted by molar-refractivity contribution is 5.16. The van der Waals surface area contributed by atoms with Crippen LogP contribution in [0.3, 0.4) is 0 Å². The molecule has 2 heterocycles. The van der Waals surface area contributed by atoms with Gasteiger partial charge in [0.2, 0.25) is 0 Å². The first-order valence-electron chi connectivity index (χ1n) is 3.09. The minimum absolute atomic E-state index is 0.843. The summed E-state index contributed by atoms with van der Waals surface area (Å²) in [4.78, 5) is 0. The summed E-state index contributed by atoms with van der Waals surface area (Å²) >= 11 is 0. The van der Waals surface area contributed by atoms with E-state index in [-0.39, 0.29) is 0 Å². The zero-order chi connectivity index (χ0) is 7.68. The van der Waals surface area contributed by atoms with E-state index >= 15 is 0 Å². The molecule has 0 radical (unpaired) electrons.